The van der Waals surface area contributed by atoms with Crippen molar-refractivity contribution in [3.8, 4) is 11.5 Å². The Kier molecular flexibility index (Phi) is 9.62. The van der Waals surface area contributed by atoms with Crippen LogP contribution in [0.2, 0.25) is 15.1 Å². The molecule has 1 saturated carbocycles. The van der Waals surface area contributed by atoms with Gasteiger partial charge in [-0.3, -0.25) is 34.3 Å². The average molecular weight is 847 g/mol. The number of imide groups is 2. The van der Waals surface area contributed by atoms with E-state index in [0.717, 1.165) is 9.91 Å². The predicted molar refractivity (Wildman–Crippen MR) is 223 cm³/mol. The van der Waals surface area contributed by atoms with Gasteiger partial charge in [-0.2, -0.15) is 5.01 Å². The molecule has 0 radical (unpaired) electrons. The third-order valence-electron chi connectivity index (χ3n) is 12.3. The van der Waals surface area contributed by atoms with Crippen LogP contribution in [0.5, 0.6) is 11.5 Å². The number of halogens is 3. The number of benzene rings is 5. The molecule has 296 valence electrons. The van der Waals surface area contributed by atoms with Crippen LogP contribution in [-0.2, 0) is 24.6 Å². The summed E-state index contributed by atoms with van der Waals surface area (Å²) >= 11 is 19.4. The number of fused-ring (bicyclic) bond motifs is 4. The molecule has 2 saturated heterocycles. The van der Waals surface area contributed by atoms with Crippen LogP contribution < -0.4 is 15.1 Å². The van der Waals surface area contributed by atoms with Crippen LogP contribution in [-0.4, -0.2) is 46.6 Å². The number of rotatable bonds is 8. The van der Waals surface area contributed by atoms with Crippen molar-refractivity contribution in [3.05, 3.63) is 164 Å². The number of hydrazine groups is 1. The van der Waals surface area contributed by atoms with Gasteiger partial charge >= 0.3 is 0 Å². The van der Waals surface area contributed by atoms with E-state index in [1.165, 1.54) is 25.3 Å². The third-order valence-corrected chi connectivity index (χ3v) is 13.1. The molecular weight excluding hydrogens is 813 g/mol. The zero-order valence-corrected chi connectivity index (χ0v) is 33.5. The second kappa shape index (κ2) is 14.7. The Morgan fingerprint density at radius 3 is 2.15 bits per heavy atom. The molecule has 2 aliphatic carbocycles. The maximum Gasteiger partial charge on any atom is 0.260 e. The first kappa shape index (κ1) is 38.6. The fourth-order valence-electron chi connectivity index (χ4n) is 9.72. The minimum absolute atomic E-state index is 0.0192. The number of ketones is 1. The number of hydrogen-bond donors (Lipinski definition) is 2. The first-order chi connectivity index (χ1) is 28.4. The number of ether oxygens (including phenoxy) is 1. The Morgan fingerprint density at radius 2 is 1.46 bits per heavy atom. The van der Waals surface area contributed by atoms with Crippen molar-refractivity contribution in [1.29, 1.82) is 0 Å². The molecule has 9 rings (SSSR count). The Morgan fingerprint density at radius 1 is 0.780 bits per heavy atom. The zero-order valence-electron chi connectivity index (χ0n) is 31.3. The number of nitrogens with one attached hydrogen (secondary N) is 1. The number of amides is 4. The maximum absolute atomic E-state index is 15.5. The molecule has 59 heavy (non-hydrogen) atoms. The van der Waals surface area contributed by atoms with Gasteiger partial charge in [0, 0.05) is 32.7 Å². The highest BCUT2D eigenvalue weighted by Gasteiger charge is 2.70. The van der Waals surface area contributed by atoms with Gasteiger partial charge in [0.25, 0.3) is 11.8 Å². The van der Waals surface area contributed by atoms with E-state index in [1.54, 1.807) is 91.0 Å². The highest BCUT2D eigenvalue weighted by molar-refractivity contribution is 6.36. The number of methoxy groups -OCH3 is 1. The van der Waals surface area contributed by atoms with Crippen molar-refractivity contribution in [2.75, 3.05) is 17.4 Å². The first-order valence-electron chi connectivity index (χ1n) is 18.9. The summed E-state index contributed by atoms with van der Waals surface area (Å²) in [5.41, 5.74) is 4.14. The molecule has 6 atom stereocenters. The number of phenols is 1. The molecule has 6 unspecified atom stereocenters. The average Bonchev–Trinajstić information content (AvgIpc) is 3.63. The van der Waals surface area contributed by atoms with E-state index in [4.69, 9.17) is 39.5 Å². The van der Waals surface area contributed by atoms with Crippen LogP contribution >= 0.6 is 34.8 Å². The number of aromatic hydroxyl groups is 1. The molecule has 2 aliphatic heterocycles. The molecule has 2 N–H and O–H groups in total. The molecule has 0 aromatic heterocycles. The summed E-state index contributed by atoms with van der Waals surface area (Å²) in [5, 5.41) is 13.4. The SMILES string of the molecule is COc1ccc(C23C(=O)N(Nc4ccc(Cl)cc4Cl)C(=O)C2CC2C(=CCC4C(=O)N(c5ccc(C(=O)c6ccccc6)cc5)C(=O)C42)C3c2cc(Cl)ccc2O)cc1. The number of allylic oxidation sites excluding steroid dienone is 2. The van der Waals surface area contributed by atoms with Crippen LogP contribution in [0, 0.1) is 23.7 Å². The van der Waals surface area contributed by atoms with Gasteiger partial charge in [0.15, 0.2) is 5.78 Å². The molecule has 2 heterocycles. The topological polar surface area (TPSA) is 133 Å². The lowest BCUT2D eigenvalue weighted by molar-refractivity contribution is -0.138. The van der Waals surface area contributed by atoms with Gasteiger partial charge in [-0.1, -0.05) is 88.9 Å². The minimum atomic E-state index is -1.68. The normalized spacial score (nSPS) is 24.7. The number of carbonyl (C=O) groups is 5. The number of phenolic OH excluding ortho intramolecular Hbond substituents is 1. The molecule has 0 bridgehead atoms. The Labute approximate surface area is 353 Å². The van der Waals surface area contributed by atoms with Crippen LogP contribution in [0.15, 0.2) is 127 Å². The summed E-state index contributed by atoms with van der Waals surface area (Å²) in [7, 11) is 1.52. The standard InChI is InChI=1S/C46H34Cl3N3O7/c1-59-30-15-9-26(10-16-30)46-35(43(56)52(45(46)58)50-37-19-11-28(48)22-36(37)49)23-33-31(40(46)34-21-27(47)12-20-38(34)53)17-18-32-39(33)44(57)51(42(32)55)29-13-7-25(8-14-29)41(54)24-5-3-2-4-6-24/h2-17,19-22,32-33,35,39-40,50,53H,18,23H2,1H3. The summed E-state index contributed by atoms with van der Waals surface area (Å²) in [5.74, 6) is -6.41. The van der Waals surface area contributed by atoms with Crippen molar-refractivity contribution in [2.45, 2.75) is 24.2 Å². The van der Waals surface area contributed by atoms with Gasteiger partial charge in [0.2, 0.25) is 11.8 Å². The molecule has 4 aliphatic rings. The highest BCUT2D eigenvalue weighted by Crippen LogP contribution is 2.65. The summed E-state index contributed by atoms with van der Waals surface area (Å²) in [6.45, 7) is 0. The van der Waals surface area contributed by atoms with Gasteiger partial charge in [-0.25, -0.2) is 0 Å². The Balaban J connectivity index is 1.17. The molecule has 4 amide bonds. The summed E-state index contributed by atoms with van der Waals surface area (Å²) in [6, 6.07) is 31.2. The lowest BCUT2D eigenvalue weighted by Crippen LogP contribution is -2.53. The number of nitrogens with zero attached hydrogens (tertiary/aromatic N) is 2. The van der Waals surface area contributed by atoms with Crippen molar-refractivity contribution in [3.63, 3.8) is 0 Å². The van der Waals surface area contributed by atoms with Crippen LogP contribution in [0.4, 0.5) is 11.4 Å². The Bertz CT molecular complexity index is 2620. The van der Waals surface area contributed by atoms with E-state index in [-0.39, 0.29) is 45.7 Å². The molecule has 5 aromatic rings. The fourth-order valence-corrected chi connectivity index (χ4v) is 10.3. The predicted octanol–water partition coefficient (Wildman–Crippen LogP) is 8.78. The molecule has 0 spiro atoms. The van der Waals surface area contributed by atoms with Gasteiger partial charge in [0.05, 0.1) is 46.7 Å². The lowest BCUT2D eigenvalue weighted by Gasteiger charge is -2.50. The molecule has 10 nitrogen and oxygen atoms in total. The lowest BCUT2D eigenvalue weighted by atomic mass is 9.49. The summed E-state index contributed by atoms with van der Waals surface area (Å²) in [6.07, 6.45) is 2.07. The minimum Gasteiger partial charge on any atom is -0.508 e. The molecular formula is C46H34Cl3N3O7. The molecule has 3 fully saturated rings. The largest absolute Gasteiger partial charge is 0.508 e. The van der Waals surface area contributed by atoms with Crippen molar-refractivity contribution >= 4 is 75.6 Å². The zero-order chi connectivity index (χ0) is 41.3. The first-order valence-corrected chi connectivity index (χ1v) is 20.1. The second-order valence-electron chi connectivity index (χ2n) is 15.2. The fraction of sp³-hybridized carbons (Fsp3) is 0.196. The summed E-state index contributed by atoms with van der Waals surface area (Å²) in [4.78, 5) is 73.8. The van der Waals surface area contributed by atoms with Gasteiger partial charge in [-0.15, -0.1) is 0 Å². The van der Waals surface area contributed by atoms with E-state index in [9.17, 15) is 19.5 Å². The van der Waals surface area contributed by atoms with Crippen LogP contribution in [0.3, 0.4) is 0 Å². The smallest absolute Gasteiger partial charge is 0.260 e. The maximum atomic E-state index is 15.5. The van der Waals surface area contributed by atoms with E-state index in [1.807, 2.05) is 12.1 Å². The molecule has 13 heteroatoms. The number of carbonyl (C=O) groups excluding carboxylic acids is 5. The summed E-state index contributed by atoms with van der Waals surface area (Å²) < 4.78 is 5.46. The van der Waals surface area contributed by atoms with Crippen LogP contribution in [0.25, 0.3) is 0 Å². The van der Waals surface area contributed by atoms with Crippen molar-refractivity contribution < 1.29 is 33.8 Å². The molecule has 5 aromatic carbocycles. The van der Waals surface area contributed by atoms with E-state index >= 15 is 9.59 Å². The number of hydrogen-bond acceptors (Lipinski definition) is 8. The van der Waals surface area contributed by atoms with Crippen molar-refractivity contribution in [2.24, 2.45) is 23.7 Å². The quantitative estimate of drug-likeness (QED) is 0.0900. The second-order valence-corrected chi connectivity index (χ2v) is 16.4. The van der Waals surface area contributed by atoms with Gasteiger partial charge in [-0.05, 0) is 97.1 Å². The van der Waals surface area contributed by atoms with Crippen LogP contribution in [0.1, 0.15) is 45.8 Å². The highest BCUT2D eigenvalue weighted by atomic mass is 35.5. The van der Waals surface area contributed by atoms with Gasteiger partial charge < -0.3 is 9.84 Å². The van der Waals surface area contributed by atoms with Crippen molar-refractivity contribution in [1.82, 2.24) is 5.01 Å². The van der Waals surface area contributed by atoms with E-state index in [0.29, 0.717) is 38.7 Å². The third kappa shape index (κ3) is 6.03. The van der Waals surface area contributed by atoms with E-state index in [2.05, 4.69) is 5.43 Å². The number of anilines is 2. The monoisotopic (exact) mass is 845 g/mol. The van der Waals surface area contributed by atoms with E-state index < -0.39 is 58.6 Å². The van der Waals surface area contributed by atoms with Gasteiger partial charge in [0.1, 0.15) is 11.5 Å². The Hall–Kier alpha value is -5.94.